The predicted molar refractivity (Wildman–Crippen MR) is 77.4 cm³/mol. The molecule has 1 aromatic rings. The first kappa shape index (κ1) is 15.4. The van der Waals surface area contributed by atoms with Gasteiger partial charge in [0, 0.05) is 11.6 Å². The molecule has 0 aliphatic carbocycles. The second-order valence-electron chi connectivity index (χ2n) is 4.60. The van der Waals surface area contributed by atoms with E-state index >= 15 is 0 Å². The maximum atomic E-state index is 12.2. The summed E-state index contributed by atoms with van der Waals surface area (Å²) in [6.45, 7) is 6.07. The summed E-state index contributed by atoms with van der Waals surface area (Å²) in [4.78, 5) is 23.3. The Labute approximate surface area is 117 Å². The Kier molecular flexibility index (Phi) is 5.30. The average molecular weight is 281 g/mol. The predicted octanol–water partition coefficient (Wildman–Crippen LogP) is 3.15. The molecule has 4 nitrogen and oxygen atoms in total. The van der Waals surface area contributed by atoms with Gasteiger partial charge in [-0.1, -0.05) is 13.8 Å². The molecule has 1 aromatic heterocycles. The maximum absolute atomic E-state index is 12.2. The summed E-state index contributed by atoms with van der Waals surface area (Å²) in [5.41, 5.74) is 0.411. The number of aliphatic carboxylic acids is 1. The highest BCUT2D eigenvalue weighted by Gasteiger charge is 2.24. The highest BCUT2D eigenvalue weighted by atomic mass is 32.1. The van der Waals surface area contributed by atoms with Crippen molar-refractivity contribution in [2.75, 3.05) is 0 Å². The number of nitrogens with one attached hydrogen (secondary N) is 1. The van der Waals surface area contributed by atoms with Crippen molar-refractivity contribution in [2.24, 2.45) is 0 Å². The Morgan fingerprint density at radius 2 is 2.05 bits per heavy atom. The largest absolute Gasteiger partial charge is 0.478 e. The topological polar surface area (TPSA) is 66.4 Å². The zero-order chi connectivity index (χ0) is 14.5. The fourth-order valence-electron chi connectivity index (χ4n) is 1.55. The lowest BCUT2D eigenvalue weighted by Gasteiger charge is -2.28. The molecule has 19 heavy (non-hydrogen) atoms. The van der Waals surface area contributed by atoms with Crippen molar-refractivity contribution in [3.63, 3.8) is 0 Å². The fourth-order valence-corrected chi connectivity index (χ4v) is 2.33. The number of amides is 1. The minimum atomic E-state index is -1.02. The molecule has 0 saturated carbocycles. The van der Waals surface area contributed by atoms with Gasteiger partial charge in [0.15, 0.2) is 0 Å². The van der Waals surface area contributed by atoms with Gasteiger partial charge in [0.1, 0.15) is 0 Å². The van der Waals surface area contributed by atoms with E-state index in [1.165, 1.54) is 17.4 Å². The molecule has 1 amide bonds. The lowest BCUT2D eigenvalue weighted by atomic mass is 9.95. The van der Waals surface area contributed by atoms with Gasteiger partial charge in [0.2, 0.25) is 0 Å². The summed E-state index contributed by atoms with van der Waals surface area (Å²) in [6.07, 6.45) is 4.18. The summed E-state index contributed by atoms with van der Waals surface area (Å²) in [5, 5.41) is 13.4. The van der Waals surface area contributed by atoms with Gasteiger partial charge in [-0.2, -0.15) is 0 Å². The van der Waals surface area contributed by atoms with Gasteiger partial charge in [-0.05, 0) is 42.9 Å². The van der Waals surface area contributed by atoms with Gasteiger partial charge in [0.05, 0.1) is 4.88 Å². The van der Waals surface area contributed by atoms with Crippen LogP contribution in [0.2, 0.25) is 0 Å². The van der Waals surface area contributed by atoms with Crippen molar-refractivity contribution in [3.8, 4) is 0 Å². The van der Waals surface area contributed by atoms with Gasteiger partial charge < -0.3 is 10.4 Å². The maximum Gasteiger partial charge on any atom is 0.328 e. The zero-order valence-electron chi connectivity index (χ0n) is 11.4. The van der Waals surface area contributed by atoms with E-state index in [4.69, 9.17) is 5.11 Å². The fraction of sp³-hybridized carbons (Fsp3) is 0.429. The monoisotopic (exact) mass is 281 g/mol. The van der Waals surface area contributed by atoms with Crippen molar-refractivity contribution in [1.82, 2.24) is 5.32 Å². The molecular formula is C14H19NO3S. The Hall–Kier alpha value is -1.62. The second-order valence-corrected chi connectivity index (χ2v) is 5.51. The molecule has 0 radical (unpaired) electrons. The van der Waals surface area contributed by atoms with Crippen LogP contribution in [0.15, 0.2) is 17.5 Å². The molecular weight excluding hydrogens is 262 g/mol. The number of carboxylic acid groups (broad SMARTS) is 1. The molecule has 0 atom stereocenters. The van der Waals surface area contributed by atoms with Crippen molar-refractivity contribution in [1.29, 1.82) is 0 Å². The molecule has 0 saturated heterocycles. The summed E-state index contributed by atoms with van der Waals surface area (Å²) < 4.78 is 0. The van der Waals surface area contributed by atoms with Gasteiger partial charge in [-0.25, -0.2) is 4.79 Å². The number of carbonyl (C=O) groups excluding carboxylic acids is 1. The van der Waals surface area contributed by atoms with Gasteiger partial charge in [0.25, 0.3) is 5.91 Å². The van der Waals surface area contributed by atoms with E-state index in [1.807, 2.05) is 20.8 Å². The Morgan fingerprint density at radius 3 is 2.58 bits per heavy atom. The Balaban J connectivity index is 2.89. The molecule has 5 heteroatoms. The smallest absolute Gasteiger partial charge is 0.328 e. The van der Waals surface area contributed by atoms with Crippen LogP contribution >= 0.6 is 11.3 Å². The molecule has 0 fully saturated rings. The minimum absolute atomic E-state index is 0.147. The molecule has 0 unspecified atom stereocenters. The molecule has 0 aromatic carbocycles. The summed E-state index contributed by atoms with van der Waals surface area (Å²) in [6, 6.07) is 1.74. The van der Waals surface area contributed by atoms with Crippen LogP contribution in [-0.4, -0.2) is 22.5 Å². The zero-order valence-corrected chi connectivity index (χ0v) is 12.2. The molecule has 0 spiro atoms. The lowest BCUT2D eigenvalue weighted by Crippen LogP contribution is -2.44. The number of hydrogen-bond donors (Lipinski definition) is 2. The van der Waals surface area contributed by atoms with Crippen LogP contribution in [0.25, 0.3) is 6.08 Å². The lowest BCUT2D eigenvalue weighted by molar-refractivity contribution is -0.131. The van der Waals surface area contributed by atoms with Crippen molar-refractivity contribution in [3.05, 3.63) is 28.0 Å². The molecule has 0 bridgehead atoms. The van der Waals surface area contributed by atoms with Crippen LogP contribution in [0.5, 0.6) is 0 Å². The van der Waals surface area contributed by atoms with Gasteiger partial charge in [-0.3, -0.25) is 4.79 Å². The standard InChI is InChI=1S/C14H19NO3S/c1-4-14(3,5-2)15-13(18)12-10(8-9-19-12)6-7-11(16)17/h6-9H,4-5H2,1-3H3,(H,15,18)(H,16,17)/b7-6+. The third kappa shape index (κ3) is 4.21. The van der Waals surface area contributed by atoms with Crippen LogP contribution in [0.1, 0.15) is 48.8 Å². The Bertz CT molecular complexity index is 487. The first-order valence-corrected chi connectivity index (χ1v) is 7.11. The number of carbonyl (C=O) groups is 2. The van der Waals surface area contributed by atoms with Crippen LogP contribution in [0.4, 0.5) is 0 Å². The van der Waals surface area contributed by atoms with E-state index in [-0.39, 0.29) is 11.4 Å². The molecule has 1 rings (SSSR count). The van der Waals surface area contributed by atoms with Gasteiger partial charge >= 0.3 is 5.97 Å². The van der Waals surface area contributed by atoms with Crippen LogP contribution in [0, 0.1) is 0 Å². The van der Waals surface area contributed by atoms with E-state index in [0.717, 1.165) is 18.9 Å². The Morgan fingerprint density at radius 1 is 1.42 bits per heavy atom. The normalized spacial score (nSPS) is 11.7. The van der Waals surface area contributed by atoms with E-state index in [9.17, 15) is 9.59 Å². The molecule has 1 heterocycles. The number of carboxylic acids is 1. The SMILES string of the molecule is CCC(C)(CC)NC(=O)c1sccc1/C=C/C(=O)O. The van der Waals surface area contributed by atoms with Crippen LogP contribution in [0.3, 0.4) is 0 Å². The quantitative estimate of drug-likeness (QED) is 0.787. The first-order valence-electron chi connectivity index (χ1n) is 6.23. The molecule has 0 aliphatic heterocycles. The third-order valence-corrected chi connectivity index (χ3v) is 4.21. The second kappa shape index (κ2) is 6.52. The number of thiophene rings is 1. The summed E-state index contributed by atoms with van der Waals surface area (Å²) >= 11 is 1.31. The third-order valence-electron chi connectivity index (χ3n) is 3.28. The first-order chi connectivity index (χ1) is 8.91. The molecule has 2 N–H and O–H groups in total. The molecule has 0 aliphatic rings. The van der Waals surface area contributed by atoms with E-state index in [2.05, 4.69) is 5.32 Å². The van der Waals surface area contributed by atoms with Crippen LogP contribution < -0.4 is 5.32 Å². The highest BCUT2D eigenvalue weighted by Crippen LogP contribution is 2.21. The number of rotatable bonds is 6. The van der Waals surface area contributed by atoms with Crippen molar-refractivity contribution < 1.29 is 14.7 Å². The minimum Gasteiger partial charge on any atom is -0.478 e. The summed E-state index contributed by atoms with van der Waals surface area (Å²) in [7, 11) is 0. The average Bonchev–Trinajstić information content (AvgIpc) is 2.84. The van der Waals surface area contributed by atoms with Crippen molar-refractivity contribution in [2.45, 2.75) is 39.2 Å². The highest BCUT2D eigenvalue weighted by molar-refractivity contribution is 7.12. The van der Waals surface area contributed by atoms with E-state index in [1.54, 1.807) is 11.4 Å². The molecule has 104 valence electrons. The van der Waals surface area contributed by atoms with E-state index in [0.29, 0.717) is 10.4 Å². The summed E-state index contributed by atoms with van der Waals surface area (Å²) in [5.74, 6) is -1.17. The number of hydrogen-bond acceptors (Lipinski definition) is 3. The van der Waals surface area contributed by atoms with Crippen molar-refractivity contribution >= 4 is 29.3 Å². The van der Waals surface area contributed by atoms with Gasteiger partial charge in [-0.15, -0.1) is 11.3 Å². The van der Waals surface area contributed by atoms with E-state index < -0.39 is 5.97 Å². The van der Waals surface area contributed by atoms with Crippen LogP contribution in [-0.2, 0) is 4.79 Å².